The number of benzene rings is 1. The number of nitriles is 1. The first-order chi connectivity index (χ1) is 6.77. The third kappa shape index (κ3) is 2.78. The molecule has 1 unspecified atom stereocenters. The Morgan fingerprint density at radius 2 is 2.07 bits per heavy atom. The molecule has 14 heavy (non-hydrogen) atoms. The number of halogens is 1. The minimum Gasteiger partial charge on any atom is -0.287 e. The number of terminal acetylenes is 1. The van der Waals surface area contributed by atoms with Crippen LogP contribution in [-0.4, -0.2) is 6.54 Å². The molecule has 1 atom stereocenters. The van der Waals surface area contributed by atoms with E-state index in [1.807, 2.05) is 0 Å². The van der Waals surface area contributed by atoms with Gasteiger partial charge in [-0.15, -0.1) is 6.42 Å². The summed E-state index contributed by atoms with van der Waals surface area (Å²) < 4.78 is 0. The smallest absolute Gasteiger partial charge is 0.122 e. The largest absolute Gasteiger partial charge is 0.287 e. The SMILES string of the molecule is C#CCNC(C#N)c1ccc(Cl)cc1. The van der Waals surface area contributed by atoms with Crippen molar-refractivity contribution < 1.29 is 0 Å². The van der Waals surface area contributed by atoms with Crippen molar-refractivity contribution in [1.29, 1.82) is 5.26 Å². The fourth-order valence-electron chi connectivity index (χ4n) is 1.05. The first-order valence-corrected chi connectivity index (χ1v) is 4.47. The molecule has 1 aromatic rings. The second-order valence-electron chi connectivity index (χ2n) is 2.70. The van der Waals surface area contributed by atoms with Crippen LogP contribution in [0.3, 0.4) is 0 Å². The lowest BCUT2D eigenvalue weighted by Crippen LogP contribution is -2.19. The molecule has 0 spiro atoms. The molecule has 0 saturated carbocycles. The maximum atomic E-state index is 8.86. The normalized spacial score (nSPS) is 11.4. The Morgan fingerprint density at radius 3 is 2.57 bits per heavy atom. The average Bonchev–Trinajstić information content (AvgIpc) is 2.21. The minimum atomic E-state index is -0.372. The van der Waals surface area contributed by atoms with Gasteiger partial charge in [0.25, 0.3) is 0 Å². The fourth-order valence-corrected chi connectivity index (χ4v) is 1.18. The summed E-state index contributed by atoms with van der Waals surface area (Å²) in [5.74, 6) is 2.43. The highest BCUT2D eigenvalue weighted by Gasteiger charge is 2.07. The summed E-state index contributed by atoms with van der Waals surface area (Å²) in [6, 6.07) is 8.86. The first-order valence-electron chi connectivity index (χ1n) is 4.10. The number of rotatable bonds is 3. The maximum absolute atomic E-state index is 8.86. The molecule has 0 amide bonds. The highest BCUT2D eigenvalue weighted by Crippen LogP contribution is 2.15. The molecule has 0 fully saturated rings. The van der Waals surface area contributed by atoms with Crippen LogP contribution < -0.4 is 5.32 Å². The molecular weight excluding hydrogens is 196 g/mol. The summed E-state index contributed by atoms with van der Waals surface area (Å²) in [7, 11) is 0. The van der Waals surface area contributed by atoms with E-state index >= 15 is 0 Å². The average molecular weight is 205 g/mol. The topological polar surface area (TPSA) is 35.8 Å². The Hall–Kier alpha value is -1.48. The summed E-state index contributed by atoms with van der Waals surface area (Å²) in [5, 5.41) is 12.4. The van der Waals surface area contributed by atoms with Gasteiger partial charge in [-0.25, -0.2) is 0 Å². The Balaban J connectivity index is 2.76. The summed E-state index contributed by atoms with van der Waals surface area (Å²) in [6.07, 6.45) is 5.09. The van der Waals surface area contributed by atoms with E-state index in [1.165, 1.54) is 0 Å². The van der Waals surface area contributed by atoms with E-state index in [4.69, 9.17) is 23.3 Å². The van der Waals surface area contributed by atoms with Crippen LogP contribution >= 0.6 is 11.6 Å². The van der Waals surface area contributed by atoms with E-state index in [2.05, 4.69) is 17.3 Å². The van der Waals surface area contributed by atoms with Crippen LogP contribution in [-0.2, 0) is 0 Å². The van der Waals surface area contributed by atoms with Crippen molar-refractivity contribution in [2.24, 2.45) is 0 Å². The molecule has 0 heterocycles. The van der Waals surface area contributed by atoms with E-state index in [1.54, 1.807) is 24.3 Å². The van der Waals surface area contributed by atoms with Gasteiger partial charge in [-0.3, -0.25) is 5.32 Å². The summed E-state index contributed by atoms with van der Waals surface area (Å²) in [4.78, 5) is 0. The fraction of sp³-hybridized carbons (Fsp3) is 0.182. The molecule has 0 aliphatic carbocycles. The predicted molar refractivity (Wildman–Crippen MR) is 56.6 cm³/mol. The van der Waals surface area contributed by atoms with Gasteiger partial charge in [0.15, 0.2) is 0 Å². The maximum Gasteiger partial charge on any atom is 0.122 e. The van der Waals surface area contributed by atoms with Gasteiger partial charge in [-0.05, 0) is 17.7 Å². The van der Waals surface area contributed by atoms with Crippen molar-refractivity contribution in [3.8, 4) is 18.4 Å². The van der Waals surface area contributed by atoms with E-state index in [9.17, 15) is 0 Å². The molecule has 1 N–H and O–H groups in total. The Morgan fingerprint density at radius 1 is 1.43 bits per heavy atom. The molecule has 0 bridgehead atoms. The predicted octanol–water partition coefficient (Wildman–Crippen LogP) is 2.13. The highest BCUT2D eigenvalue weighted by atomic mass is 35.5. The second-order valence-corrected chi connectivity index (χ2v) is 3.14. The molecule has 0 aliphatic heterocycles. The van der Waals surface area contributed by atoms with Gasteiger partial charge in [0.2, 0.25) is 0 Å². The molecule has 70 valence electrons. The van der Waals surface area contributed by atoms with Crippen molar-refractivity contribution >= 4 is 11.6 Å². The van der Waals surface area contributed by atoms with E-state index in [0.29, 0.717) is 11.6 Å². The van der Waals surface area contributed by atoms with E-state index < -0.39 is 0 Å². The zero-order valence-electron chi connectivity index (χ0n) is 7.50. The van der Waals surface area contributed by atoms with E-state index in [0.717, 1.165) is 5.56 Å². The molecule has 1 rings (SSSR count). The molecule has 2 nitrogen and oxygen atoms in total. The van der Waals surface area contributed by atoms with Gasteiger partial charge in [-0.2, -0.15) is 5.26 Å². The van der Waals surface area contributed by atoms with Crippen molar-refractivity contribution in [3.05, 3.63) is 34.9 Å². The standard InChI is InChI=1S/C11H9ClN2/c1-2-7-14-11(8-13)9-3-5-10(12)6-4-9/h1,3-6,11,14H,7H2. The van der Waals surface area contributed by atoms with Crippen molar-refractivity contribution in [2.75, 3.05) is 6.54 Å². The molecule has 3 heteroatoms. The Bertz CT molecular complexity index is 370. The van der Waals surface area contributed by atoms with E-state index in [-0.39, 0.29) is 6.04 Å². The van der Waals surface area contributed by atoms with Gasteiger partial charge < -0.3 is 0 Å². The quantitative estimate of drug-likeness (QED) is 0.766. The molecule has 0 saturated heterocycles. The van der Waals surface area contributed by atoms with Gasteiger partial charge in [0, 0.05) is 5.02 Å². The zero-order chi connectivity index (χ0) is 10.4. The van der Waals surface area contributed by atoms with Crippen LogP contribution in [0.2, 0.25) is 5.02 Å². The Kier molecular flexibility index (Phi) is 4.01. The first kappa shape index (κ1) is 10.6. The zero-order valence-corrected chi connectivity index (χ0v) is 8.25. The molecule has 0 aliphatic rings. The summed E-state index contributed by atoms with van der Waals surface area (Å²) >= 11 is 5.73. The number of nitrogens with zero attached hydrogens (tertiary/aromatic N) is 1. The Labute approximate surface area is 88.5 Å². The summed E-state index contributed by atoms with van der Waals surface area (Å²) in [5.41, 5.74) is 0.868. The molecule has 0 aromatic heterocycles. The lowest BCUT2D eigenvalue weighted by atomic mass is 10.1. The molecule has 1 aromatic carbocycles. The van der Waals surface area contributed by atoms with Crippen LogP contribution in [0.25, 0.3) is 0 Å². The molecular formula is C11H9ClN2. The highest BCUT2D eigenvalue weighted by molar-refractivity contribution is 6.30. The third-order valence-corrected chi connectivity index (χ3v) is 1.99. The third-order valence-electron chi connectivity index (χ3n) is 1.74. The van der Waals surface area contributed by atoms with Crippen LogP contribution in [0.15, 0.2) is 24.3 Å². The van der Waals surface area contributed by atoms with Gasteiger partial charge in [-0.1, -0.05) is 29.7 Å². The van der Waals surface area contributed by atoms with Gasteiger partial charge in [0.1, 0.15) is 6.04 Å². The van der Waals surface area contributed by atoms with Crippen LogP contribution in [0.5, 0.6) is 0 Å². The molecule has 0 radical (unpaired) electrons. The van der Waals surface area contributed by atoms with Crippen LogP contribution in [0.1, 0.15) is 11.6 Å². The van der Waals surface area contributed by atoms with Crippen molar-refractivity contribution in [2.45, 2.75) is 6.04 Å². The number of hydrogen-bond acceptors (Lipinski definition) is 2. The second kappa shape index (κ2) is 5.29. The van der Waals surface area contributed by atoms with Gasteiger partial charge in [0.05, 0.1) is 12.6 Å². The number of hydrogen-bond donors (Lipinski definition) is 1. The summed E-state index contributed by atoms with van der Waals surface area (Å²) in [6.45, 7) is 0.376. The minimum absolute atomic E-state index is 0.372. The monoisotopic (exact) mass is 204 g/mol. The number of nitrogens with one attached hydrogen (secondary N) is 1. The lowest BCUT2D eigenvalue weighted by molar-refractivity contribution is 0.691. The van der Waals surface area contributed by atoms with Gasteiger partial charge >= 0.3 is 0 Å². The van der Waals surface area contributed by atoms with Crippen molar-refractivity contribution in [1.82, 2.24) is 5.32 Å². The van der Waals surface area contributed by atoms with Crippen LogP contribution in [0.4, 0.5) is 0 Å². The lowest BCUT2D eigenvalue weighted by Gasteiger charge is -2.08. The van der Waals surface area contributed by atoms with Crippen LogP contribution in [0, 0.1) is 23.7 Å². The van der Waals surface area contributed by atoms with Crippen molar-refractivity contribution in [3.63, 3.8) is 0 Å².